The van der Waals surface area contributed by atoms with E-state index in [0.29, 0.717) is 13.0 Å². The molecule has 0 fully saturated rings. The maximum Gasteiger partial charge on any atom is 0.307 e. The molecule has 0 radical (unpaired) electrons. The molecule has 1 aromatic rings. The molecule has 0 bridgehead atoms. The van der Waals surface area contributed by atoms with Gasteiger partial charge in [-0.15, -0.1) is 0 Å². The Bertz CT molecular complexity index is 500. The quantitative estimate of drug-likeness (QED) is 0.376. The summed E-state index contributed by atoms with van der Waals surface area (Å²) < 4.78 is 1.21. The second-order valence-electron chi connectivity index (χ2n) is 4.56. The summed E-state index contributed by atoms with van der Waals surface area (Å²) in [7, 11) is 0. The minimum Gasteiger partial charge on any atom is -0.481 e. The summed E-state index contributed by atoms with van der Waals surface area (Å²) in [5.41, 5.74) is -0.152. The number of nitrogens with one attached hydrogen (secondary N) is 1. The Hall–Kier alpha value is -2.45. The number of amides is 1. The van der Waals surface area contributed by atoms with E-state index in [2.05, 4.69) is 10.4 Å². The maximum absolute atomic E-state index is 11.6. The van der Waals surface area contributed by atoms with Gasteiger partial charge < -0.3 is 10.4 Å². The van der Waals surface area contributed by atoms with Crippen LogP contribution < -0.4 is 5.32 Å². The zero-order valence-corrected chi connectivity index (χ0v) is 11.5. The van der Waals surface area contributed by atoms with Crippen molar-refractivity contribution in [2.24, 2.45) is 0 Å². The third-order valence-electron chi connectivity index (χ3n) is 2.78. The Labute approximate surface area is 121 Å². The molecule has 9 nitrogen and oxygen atoms in total. The van der Waals surface area contributed by atoms with Crippen LogP contribution in [-0.4, -0.2) is 38.2 Å². The molecule has 0 aromatic carbocycles. The fraction of sp³-hybridized carbons (Fsp3) is 0.583. The number of unbranched alkanes of at least 4 members (excludes halogenated alkanes) is 3. The Kier molecular flexibility index (Phi) is 6.85. The first kappa shape index (κ1) is 16.6. The normalized spacial score (nSPS) is 10.3. The molecule has 0 saturated heterocycles. The molecule has 1 heterocycles. The van der Waals surface area contributed by atoms with Gasteiger partial charge in [0.2, 0.25) is 5.91 Å². The van der Waals surface area contributed by atoms with Crippen LogP contribution in [0, 0.1) is 10.1 Å². The summed E-state index contributed by atoms with van der Waals surface area (Å²) >= 11 is 0. The molecule has 116 valence electrons. The second-order valence-corrected chi connectivity index (χ2v) is 4.56. The van der Waals surface area contributed by atoms with Crippen molar-refractivity contribution < 1.29 is 19.6 Å². The van der Waals surface area contributed by atoms with Crippen LogP contribution in [-0.2, 0) is 16.1 Å². The molecule has 0 unspecified atom stereocenters. The van der Waals surface area contributed by atoms with Crippen LogP contribution in [0.2, 0.25) is 0 Å². The van der Waals surface area contributed by atoms with Crippen molar-refractivity contribution in [3.8, 4) is 0 Å². The average molecular weight is 298 g/mol. The fourth-order valence-electron chi connectivity index (χ4n) is 1.72. The van der Waals surface area contributed by atoms with Crippen LogP contribution in [0.3, 0.4) is 0 Å². The van der Waals surface area contributed by atoms with Gasteiger partial charge in [0.1, 0.15) is 18.9 Å². The number of nitro groups is 1. The molecular formula is C12H18N4O5. The molecule has 0 spiro atoms. The van der Waals surface area contributed by atoms with E-state index >= 15 is 0 Å². The lowest BCUT2D eigenvalue weighted by Crippen LogP contribution is -2.28. The van der Waals surface area contributed by atoms with Gasteiger partial charge in [0.05, 0.1) is 4.92 Å². The number of aromatic nitrogens is 2. The molecule has 21 heavy (non-hydrogen) atoms. The van der Waals surface area contributed by atoms with Gasteiger partial charge in [0, 0.05) is 13.0 Å². The largest absolute Gasteiger partial charge is 0.481 e. The van der Waals surface area contributed by atoms with Crippen molar-refractivity contribution in [2.45, 2.75) is 38.6 Å². The van der Waals surface area contributed by atoms with E-state index in [1.807, 2.05) is 0 Å². The number of carbonyl (C=O) groups is 2. The Balaban J connectivity index is 2.11. The smallest absolute Gasteiger partial charge is 0.307 e. The van der Waals surface area contributed by atoms with Gasteiger partial charge in [-0.05, 0) is 12.8 Å². The van der Waals surface area contributed by atoms with Crippen molar-refractivity contribution in [1.82, 2.24) is 15.1 Å². The summed E-state index contributed by atoms with van der Waals surface area (Å²) in [5, 5.41) is 25.3. The van der Waals surface area contributed by atoms with Crippen molar-refractivity contribution in [2.75, 3.05) is 6.54 Å². The van der Waals surface area contributed by atoms with Crippen LogP contribution in [0.5, 0.6) is 0 Å². The van der Waals surface area contributed by atoms with Crippen LogP contribution >= 0.6 is 0 Å². The third-order valence-corrected chi connectivity index (χ3v) is 2.78. The number of hydrogen-bond donors (Lipinski definition) is 2. The summed E-state index contributed by atoms with van der Waals surface area (Å²) in [5.74, 6) is -1.06. The van der Waals surface area contributed by atoms with Gasteiger partial charge in [-0.2, -0.15) is 5.10 Å². The van der Waals surface area contributed by atoms with E-state index in [9.17, 15) is 19.7 Å². The van der Waals surface area contributed by atoms with Gasteiger partial charge >= 0.3 is 11.7 Å². The summed E-state index contributed by atoms with van der Waals surface area (Å²) in [6.45, 7) is 0.433. The number of rotatable bonds is 10. The Morgan fingerprint density at radius 3 is 2.67 bits per heavy atom. The van der Waals surface area contributed by atoms with E-state index in [0.717, 1.165) is 25.5 Å². The van der Waals surface area contributed by atoms with Crippen LogP contribution in [0.25, 0.3) is 0 Å². The lowest BCUT2D eigenvalue weighted by Gasteiger charge is -2.04. The van der Waals surface area contributed by atoms with Crippen LogP contribution in [0.1, 0.15) is 32.1 Å². The molecule has 1 rings (SSSR count). The zero-order valence-electron chi connectivity index (χ0n) is 11.5. The van der Waals surface area contributed by atoms with E-state index in [1.54, 1.807) is 0 Å². The van der Waals surface area contributed by atoms with Gasteiger partial charge in [-0.3, -0.25) is 24.4 Å². The highest BCUT2D eigenvalue weighted by atomic mass is 16.6. The van der Waals surface area contributed by atoms with Crippen molar-refractivity contribution >= 4 is 17.6 Å². The number of aliphatic carboxylic acids is 1. The molecule has 1 aromatic heterocycles. The molecule has 0 aliphatic carbocycles. The molecule has 9 heteroatoms. The zero-order chi connectivity index (χ0) is 15.7. The molecule has 0 saturated carbocycles. The number of nitrogens with zero attached hydrogens (tertiary/aromatic N) is 3. The molecular weight excluding hydrogens is 280 g/mol. The molecule has 0 atom stereocenters. The number of carbonyl (C=O) groups excluding carboxylic acids is 1. The highest BCUT2D eigenvalue weighted by Gasteiger charge is 2.10. The average Bonchev–Trinajstić information content (AvgIpc) is 2.86. The molecule has 0 aliphatic heterocycles. The standard InChI is InChI=1S/C12H18N4O5/c17-11(9-15-8-10(7-14-15)16(20)21)13-6-4-2-1-3-5-12(18)19/h7-8H,1-6,9H2,(H,13,17)(H,18,19). The maximum atomic E-state index is 11.6. The van der Waals surface area contributed by atoms with Gasteiger partial charge in [-0.25, -0.2) is 0 Å². The molecule has 2 N–H and O–H groups in total. The molecule has 1 amide bonds. The van der Waals surface area contributed by atoms with E-state index in [4.69, 9.17) is 5.11 Å². The van der Waals surface area contributed by atoms with Crippen molar-refractivity contribution in [3.05, 3.63) is 22.5 Å². The van der Waals surface area contributed by atoms with E-state index < -0.39 is 10.9 Å². The van der Waals surface area contributed by atoms with E-state index in [-0.39, 0.29) is 24.6 Å². The predicted octanol–water partition coefficient (Wildman–Crippen LogP) is 0.943. The first-order chi connectivity index (χ1) is 9.99. The third kappa shape index (κ3) is 7.04. The minimum absolute atomic E-state index is 0.0626. The lowest BCUT2D eigenvalue weighted by molar-refractivity contribution is -0.385. The number of carboxylic acids is 1. The SMILES string of the molecule is O=C(O)CCCCCCNC(=O)Cn1cc([N+](=O)[O-])cn1. The van der Waals surface area contributed by atoms with Crippen molar-refractivity contribution in [1.29, 1.82) is 0 Å². The molecule has 0 aliphatic rings. The second kappa shape index (κ2) is 8.67. The van der Waals surface area contributed by atoms with Crippen molar-refractivity contribution in [3.63, 3.8) is 0 Å². The lowest BCUT2D eigenvalue weighted by atomic mass is 10.1. The summed E-state index contributed by atoms with van der Waals surface area (Å²) in [6, 6.07) is 0. The van der Waals surface area contributed by atoms with E-state index in [1.165, 1.54) is 10.9 Å². The minimum atomic E-state index is -0.795. The highest BCUT2D eigenvalue weighted by molar-refractivity contribution is 5.75. The first-order valence-electron chi connectivity index (χ1n) is 6.64. The highest BCUT2D eigenvalue weighted by Crippen LogP contribution is 2.07. The number of hydrogen-bond acceptors (Lipinski definition) is 5. The van der Waals surface area contributed by atoms with Crippen LogP contribution in [0.4, 0.5) is 5.69 Å². The fourth-order valence-corrected chi connectivity index (χ4v) is 1.72. The number of carboxylic acid groups (broad SMARTS) is 1. The Morgan fingerprint density at radius 1 is 1.33 bits per heavy atom. The van der Waals surface area contributed by atoms with Gasteiger partial charge in [0.15, 0.2) is 0 Å². The summed E-state index contributed by atoms with van der Waals surface area (Å²) in [6.07, 6.45) is 5.53. The Morgan fingerprint density at radius 2 is 2.05 bits per heavy atom. The topological polar surface area (TPSA) is 127 Å². The predicted molar refractivity (Wildman–Crippen MR) is 72.6 cm³/mol. The van der Waals surface area contributed by atoms with Gasteiger partial charge in [0.25, 0.3) is 0 Å². The summed E-state index contributed by atoms with van der Waals surface area (Å²) in [4.78, 5) is 31.7. The first-order valence-corrected chi connectivity index (χ1v) is 6.64. The van der Waals surface area contributed by atoms with Crippen LogP contribution in [0.15, 0.2) is 12.4 Å². The van der Waals surface area contributed by atoms with Gasteiger partial charge in [-0.1, -0.05) is 12.8 Å². The monoisotopic (exact) mass is 298 g/mol.